The van der Waals surface area contributed by atoms with Crippen LogP contribution in [0, 0.1) is 0 Å². The molecule has 0 atom stereocenters. The summed E-state index contributed by atoms with van der Waals surface area (Å²) in [5.41, 5.74) is 4.42. The van der Waals surface area contributed by atoms with Crippen LogP contribution in [-0.2, 0) is 17.6 Å². The van der Waals surface area contributed by atoms with E-state index in [-0.39, 0.29) is 11.8 Å². The molecule has 3 aromatic rings. The summed E-state index contributed by atoms with van der Waals surface area (Å²) in [4.78, 5) is 34.7. The fourth-order valence-electron chi connectivity index (χ4n) is 4.51. The summed E-state index contributed by atoms with van der Waals surface area (Å²) in [5.74, 6) is -0.0697. The standard InChI is InChI=1S/C28H31N3O3S/c1-34-17-6-2-3-8-20-9-7-11-23(29-20)28(33)31-16-15-19-18-25(27(32)30-21-13-14-21)35-26(19)22-10-4-5-12-24(22)31/h4-5,7,9-12,18,21H,2-3,6,8,13-17H2,1H3,(H,30,32). The minimum Gasteiger partial charge on any atom is -0.385 e. The summed E-state index contributed by atoms with van der Waals surface area (Å²) in [7, 11) is 1.72. The Hall–Kier alpha value is -3.03. The van der Waals surface area contributed by atoms with Gasteiger partial charge in [-0.3, -0.25) is 9.59 Å². The lowest BCUT2D eigenvalue weighted by atomic mass is 10.1. The number of thiophene rings is 1. The van der Waals surface area contributed by atoms with Crippen LogP contribution in [0.4, 0.5) is 5.69 Å². The van der Waals surface area contributed by atoms with Crippen LogP contribution in [0.2, 0.25) is 0 Å². The number of unbranched alkanes of at least 4 members (excludes halogenated alkanes) is 2. The highest BCUT2D eigenvalue weighted by molar-refractivity contribution is 7.17. The van der Waals surface area contributed by atoms with Crippen molar-refractivity contribution in [2.75, 3.05) is 25.2 Å². The van der Waals surface area contributed by atoms with Crippen LogP contribution in [0.1, 0.15) is 63.5 Å². The van der Waals surface area contributed by atoms with E-state index in [2.05, 4.69) is 5.32 Å². The summed E-state index contributed by atoms with van der Waals surface area (Å²) in [6, 6.07) is 16.1. The minimum atomic E-state index is -0.0828. The first-order valence-corrected chi connectivity index (χ1v) is 13.3. The van der Waals surface area contributed by atoms with E-state index in [1.165, 1.54) is 11.3 Å². The molecule has 35 heavy (non-hydrogen) atoms. The van der Waals surface area contributed by atoms with Gasteiger partial charge in [-0.25, -0.2) is 4.98 Å². The second kappa shape index (κ2) is 10.7. The Bertz CT molecular complexity index is 1220. The van der Waals surface area contributed by atoms with E-state index in [0.717, 1.165) is 77.4 Å². The maximum atomic E-state index is 13.6. The molecular formula is C28H31N3O3S. The number of nitrogens with one attached hydrogen (secondary N) is 1. The molecule has 5 rings (SSSR count). The Morgan fingerprint density at radius 1 is 1.11 bits per heavy atom. The molecule has 2 amide bonds. The molecule has 0 spiro atoms. The molecular weight excluding hydrogens is 458 g/mol. The van der Waals surface area contributed by atoms with Crippen LogP contribution in [0.25, 0.3) is 10.4 Å². The number of aryl methyl sites for hydroxylation is 1. The fraction of sp³-hybridized carbons (Fsp3) is 0.393. The number of nitrogens with zero attached hydrogens (tertiary/aromatic N) is 2. The second-order valence-electron chi connectivity index (χ2n) is 9.25. The Morgan fingerprint density at radius 3 is 2.80 bits per heavy atom. The molecule has 1 aliphatic carbocycles. The number of fused-ring (bicyclic) bond motifs is 3. The highest BCUT2D eigenvalue weighted by Crippen LogP contribution is 2.41. The van der Waals surface area contributed by atoms with Crippen molar-refractivity contribution >= 4 is 28.8 Å². The molecule has 0 bridgehead atoms. The molecule has 2 aliphatic rings. The van der Waals surface area contributed by atoms with Gasteiger partial charge in [0, 0.05) is 42.4 Å². The number of amides is 2. The van der Waals surface area contributed by atoms with Gasteiger partial charge in [0.15, 0.2) is 0 Å². The molecule has 0 saturated heterocycles. The number of hydrogen-bond acceptors (Lipinski definition) is 5. The lowest BCUT2D eigenvalue weighted by Gasteiger charge is -2.23. The van der Waals surface area contributed by atoms with Crippen molar-refractivity contribution in [3.63, 3.8) is 0 Å². The van der Waals surface area contributed by atoms with Crippen molar-refractivity contribution in [3.05, 3.63) is 70.4 Å². The number of anilines is 1. The Morgan fingerprint density at radius 2 is 1.97 bits per heavy atom. The summed E-state index contributed by atoms with van der Waals surface area (Å²) in [6.45, 7) is 1.32. The summed E-state index contributed by atoms with van der Waals surface area (Å²) < 4.78 is 5.12. The first kappa shape index (κ1) is 23.7. The molecule has 1 fully saturated rings. The molecule has 1 aliphatic heterocycles. The number of carbonyl (C=O) groups excluding carboxylic acids is 2. The summed E-state index contributed by atoms with van der Waals surface area (Å²) in [5, 5.41) is 3.09. The number of benzene rings is 1. The normalized spacial score (nSPS) is 14.7. The lowest BCUT2D eigenvalue weighted by Crippen LogP contribution is -2.33. The molecule has 3 heterocycles. The monoisotopic (exact) mass is 489 g/mol. The largest absolute Gasteiger partial charge is 0.385 e. The van der Waals surface area contributed by atoms with Crippen LogP contribution < -0.4 is 10.2 Å². The summed E-state index contributed by atoms with van der Waals surface area (Å²) >= 11 is 1.52. The highest BCUT2D eigenvalue weighted by Gasteiger charge is 2.29. The zero-order valence-corrected chi connectivity index (χ0v) is 20.9. The van der Waals surface area contributed by atoms with E-state index in [9.17, 15) is 9.59 Å². The average Bonchev–Trinajstić information content (AvgIpc) is 3.62. The van der Waals surface area contributed by atoms with E-state index in [0.29, 0.717) is 24.7 Å². The topological polar surface area (TPSA) is 71.5 Å². The Labute approximate surface area is 210 Å². The number of ether oxygens (including phenoxy) is 1. The first-order valence-electron chi connectivity index (χ1n) is 12.4. The maximum Gasteiger partial charge on any atom is 0.276 e. The van der Waals surface area contributed by atoms with Crippen LogP contribution in [-0.4, -0.2) is 43.1 Å². The van der Waals surface area contributed by atoms with Gasteiger partial charge in [0.2, 0.25) is 0 Å². The van der Waals surface area contributed by atoms with Gasteiger partial charge >= 0.3 is 0 Å². The molecule has 1 saturated carbocycles. The van der Waals surface area contributed by atoms with Gasteiger partial charge in [0.05, 0.1) is 10.6 Å². The molecule has 1 aromatic carbocycles. The van der Waals surface area contributed by atoms with Crippen molar-refractivity contribution in [1.82, 2.24) is 10.3 Å². The van der Waals surface area contributed by atoms with Gasteiger partial charge in [0.1, 0.15) is 5.69 Å². The van der Waals surface area contributed by atoms with E-state index >= 15 is 0 Å². The Kier molecular flexibility index (Phi) is 7.25. The zero-order valence-electron chi connectivity index (χ0n) is 20.1. The van der Waals surface area contributed by atoms with Gasteiger partial charge in [-0.05, 0) is 68.4 Å². The quantitative estimate of drug-likeness (QED) is 0.416. The molecule has 7 heteroatoms. The third-order valence-corrected chi connectivity index (χ3v) is 7.75. The van der Waals surface area contributed by atoms with Gasteiger partial charge < -0.3 is 15.0 Å². The number of aromatic nitrogens is 1. The smallest absolute Gasteiger partial charge is 0.276 e. The number of para-hydroxylation sites is 1. The highest BCUT2D eigenvalue weighted by atomic mass is 32.1. The predicted octanol–water partition coefficient (Wildman–Crippen LogP) is 5.26. The zero-order chi connectivity index (χ0) is 24.2. The third kappa shape index (κ3) is 5.46. The number of methoxy groups -OCH3 is 1. The fourth-order valence-corrected chi connectivity index (χ4v) is 5.66. The van der Waals surface area contributed by atoms with E-state index in [1.54, 1.807) is 13.2 Å². The third-order valence-electron chi connectivity index (χ3n) is 6.54. The molecule has 2 aromatic heterocycles. The summed E-state index contributed by atoms with van der Waals surface area (Å²) in [6.07, 6.45) is 6.83. The second-order valence-corrected chi connectivity index (χ2v) is 10.3. The van der Waals surface area contributed by atoms with E-state index in [4.69, 9.17) is 9.72 Å². The molecule has 182 valence electrons. The number of hydrogen-bond donors (Lipinski definition) is 1. The van der Waals surface area contributed by atoms with Crippen molar-refractivity contribution in [2.45, 2.75) is 51.0 Å². The molecule has 0 radical (unpaired) electrons. The van der Waals surface area contributed by atoms with E-state index in [1.807, 2.05) is 47.4 Å². The Balaban J connectivity index is 1.36. The van der Waals surface area contributed by atoms with E-state index < -0.39 is 0 Å². The maximum absolute atomic E-state index is 13.6. The average molecular weight is 490 g/mol. The molecule has 1 N–H and O–H groups in total. The van der Waals surface area contributed by atoms with Gasteiger partial charge in [-0.1, -0.05) is 30.7 Å². The van der Waals surface area contributed by atoms with Crippen molar-refractivity contribution < 1.29 is 14.3 Å². The predicted molar refractivity (Wildman–Crippen MR) is 139 cm³/mol. The van der Waals surface area contributed by atoms with Crippen LogP contribution in [0.3, 0.4) is 0 Å². The van der Waals surface area contributed by atoms with Crippen LogP contribution >= 0.6 is 11.3 Å². The van der Waals surface area contributed by atoms with Crippen LogP contribution in [0.5, 0.6) is 0 Å². The SMILES string of the molecule is COCCCCCc1cccc(C(=O)N2CCc3cc(C(=O)NC4CC4)sc3-c3ccccc32)n1. The number of rotatable bonds is 9. The number of pyridine rings is 1. The van der Waals surface area contributed by atoms with Crippen molar-refractivity contribution in [1.29, 1.82) is 0 Å². The molecule has 6 nitrogen and oxygen atoms in total. The minimum absolute atomic E-state index is 0.0132. The van der Waals surface area contributed by atoms with Crippen LogP contribution in [0.15, 0.2) is 48.5 Å². The van der Waals surface area contributed by atoms with Gasteiger partial charge in [-0.15, -0.1) is 11.3 Å². The number of carbonyl (C=O) groups is 2. The molecule has 0 unspecified atom stereocenters. The lowest BCUT2D eigenvalue weighted by molar-refractivity contribution is 0.0952. The van der Waals surface area contributed by atoms with Gasteiger partial charge in [-0.2, -0.15) is 0 Å². The van der Waals surface area contributed by atoms with Gasteiger partial charge in [0.25, 0.3) is 11.8 Å². The first-order chi connectivity index (χ1) is 17.1. The van der Waals surface area contributed by atoms with Crippen molar-refractivity contribution in [2.24, 2.45) is 0 Å². The van der Waals surface area contributed by atoms with Crippen molar-refractivity contribution in [3.8, 4) is 10.4 Å².